The Morgan fingerprint density at radius 1 is 1.43 bits per heavy atom. The molecule has 0 unspecified atom stereocenters. The SMILES string of the molecule is OC(O)C1CNC1. The maximum absolute atomic E-state index is 8.39. The second-order valence-electron chi connectivity index (χ2n) is 1.83. The van der Waals surface area contributed by atoms with Gasteiger partial charge in [-0.05, 0) is 0 Å². The van der Waals surface area contributed by atoms with Gasteiger partial charge in [0.05, 0.1) is 0 Å². The van der Waals surface area contributed by atoms with Gasteiger partial charge in [0.15, 0.2) is 6.29 Å². The van der Waals surface area contributed by atoms with Crippen molar-refractivity contribution in [2.45, 2.75) is 6.29 Å². The number of rotatable bonds is 1. The normalized spacial score (nSPS) is 22.7. The summed E-state index contributed by atoms with van der Waals surface area (Å²) in [6.45, 7) is 1.50. The molecule has 0 aromatic carbocycles. The Kier molecular flexibility index (Phi) is 1.27. The smallest absolute Gasteiger partial charge is 0.156 e. The monoisotopic (exact) mass is 103 g/mol. The van der Waals surface area contributed by atoms with Crippen LogP contribution in [0.4, 0.5) is 0 Å². The number of hydrogen-bond donors (Lipinski definition) is 3. The first kappa shape index (κ1) is 5.03. The molecule has 0 aliphatic carbocycles. The van der Waals surface area contributed by atoms with E-state index in [0.717, 1.165) is 13.1 Å². The molecule has 3 N–H and O–H groups in total. The Bertz CT molecular complexity index is 60.7. The number of nitrogens with one attached hydrogen (secondary N) is 1. The minimum atomic E-state index is -1.11. The highest BCUT2D eigenvalue weighted by molar-refractivity contribution is 4.75. The molecule has 0 atom stereocenters. The van der Waals surface area contributed by atoms with E-state index in [2.05, 4.69) is 5.32 Å². The van der Waals surface area contributed by atoms with Crippen LogP contribution < -0.4 is 5.32 Å². The van der Waals surface area contributed by atoms with E-state index in [0.29, 0.717) is 0 Å². The molecule has 7 heavy (non-hydrogen) atoms. The van der Waals surface area contributed by atoms with E-state index in [1.54, 1.807) is 0 Å². The first-order chi connectivity index (χ1) is 3.30. The van der Waals surface area contributed by atoms with Crippen molar-refractivity contribution in [3.05, 3.63) is 0 Å². The van der Waals surface area contributed by atoms with Crippen molar-refractivity contribution in [2.75, 3.05) is 13.1 Å². The van der Waals surface area contributed by atoms with Crippen LogP contribution in [0, 0.1) is 5.92 Å². The van der Waals surface area contributed by atoms with Gasteiger partial charge in [0.1, 0.15) is 0 Å². The molecule has 0 saturated carbocycles. The Labute approximate surface area is 42.0 Å². The lowest BCUT2D eigenvalue weighted by molar-refractivity contribution is -0.0969. The van der Waals surface area contributed by atoms with E-state index in [1.807, 2.05) is 0 Å². The molecule has 1 aliphatic rings. The summed E-state index contributed by atoms with van der Waals surface area (Å²) >= 11 is 0. The van der Waals surface area contributed by atoms with E-state index < -0.39 is 6.29 Å². The lowest BCUT2D eigenvalue weighted by atomic mass is 10.0. The second kappa shape index (κ2) is 1.78. The van der Waals surface area contributed by atoms with Crippen LogP contribution in [0.15, 0.2) is 0 Å². The molecule has 0 radical (unpaired) electrons. The van der Waals surface area contributed by atoms with Crippen molar-refractivity contribution in [3.63, 3.8) is 0 Å². The molecule has 1 saturated heterocycles. The topological polar surface area (TPSA) is 52.5 Å². The van der Waals surface area contributed by atoms with E-state index in [4.69, 9.17) is 10.2 Å². The highest BCUT2D eigenvalue weighted by Gasteiger charge is 2.22. The van der Waals surface area contributed by atoms with Crippen LogP contribution in [0.1, 0.15) is 0 Å². The second-order valence-corrected chi connectivity index (χ2v) is 1.83. The summed E-state index contributed by atoms with van der Waals surface area (Å²) in [6, 6.07) is 0. The summed E-state index contributed by atoms with van der Waals surface area (Å²) in [5, 5.41) is 19.7. The fourth-order valence-corrected chi connectivity index (χ4v) is 0.522. The number of aliphatic hydroxyl groups is 2. The summed E-state index contributed by atoms with van der Waals surface area (Å²) < 4.78 is 0. The van der Waals surface area contributed by atoms with Crippen LogP contribution in [0.5, 0.6) is 0 Å². The van der Waals surface area contributed by atoms with Crippen LogP contribution in [0.3, 0.4) is 0 Å². The summed E-state index contributed by atoms with van der Waals surface area (Å²) in [6.07, 6.45) is -1.11. The van der Waals surface area contributed by atoms with Crippen LogP contribution in [-0.4, -0.2) is 29.6 Å². The number of hydrogen-bond acceptors (Lipinski definition) is 3. The summed E-state index contributed by atoms with van der Waals surface area (Å²) in [5.74, 6) is 0.0833. The molecular weight excluding hydrogens is 94.0 g/mol. The lowest BCUT2D eigenvalue weighted by Crippen LogP contribution is -2.48. The van der Waals surface area contributed by atoms with Gasteiger partial charge < -0.3 is 15.5 Å². The molecule has 0 bridgehead atoms. The van der Waals surface area contributed by atoms with Gasteiger partial charge in [-0.1, -0.05) is 0 Å². The largest absolute Gasteiger partial charge is 0.368 e. The van der Waals surface area contributed by atoms with Crippen molar-refractivity contribution < 1.29 is 10.2 Å². The summed E-state index contributed by atoms with van der Waals surface area (Å²) in [5.41, 5.74) is 0. The molecule has 0 aromatic rings. The quantitative estimate of drug-likeness (QED) is 0.355. The molecule has 42 valence electrons. The fourth-order valence-electron chi connectivity index (χ4n) is 0.522. The van der Waals surface area contributed by atoms with Crippen LogP contribution >= 0.6 is 0 Å². The van der Waals surface area contributed by atoms with Crippen molar-refractivity contribution in [3.8, 4) is 0 Å². The van der Waals surface area contributed by atoms with Gasteiger partial charge >= 0.3 is 0 Å². The highest BCUT2D eigenvalue weighted by atomic mass is 16.5. The van der Waals surface area contributed by atoms with Crippen LogP contribution in [0.2, 0.25) is 0 Å². The van der Waals surface area contributed by atoms with Crippen molar-refractivity contribution in [1.29, 1.82) is 0 Å². The average Bonchev–Trinajstić information content (AvgIpc) is 1.23. The Hall–Kier alpha value is -0.120. The molecule has 3 nitrogen and oxygen atoms in total. The first-order valence-corrected chi connectivity index (χ1v) is 2.37. The third-order valence-corrected chi connectivity index (χ3v) is 1.23. The molecule has 1 fully saturated rings. The van der Waals surface area contributed by atoms with E-state index >= 15 is 0 Å². The molecule has 1 rings (SSSR count). The van der Waals surface area contributed by atoms with Crippen LogP contribution in [-0.2, 0) is 0 Å². The maximum atomic E-state index is 8.39. The maximum Gasteiger partial charge on any atom is 0.156 e. The molecule has 3 heteroatoms. The van der Waals surface area contributed by atoms with Crippen LogP contribution in [0.25, 0.3) is 0 Å². The zero-order valence-electron chi connectivity index (χ0n) is 3.96. The molecule has 1 heterocycles. The molecule has 0 spiro atoms. The predicted molar refractivity (Wildman–Crippen MR) is 24.6 cm³/mol. The van der Waals surface area contributed by atoms with E-state index in [-0.39, 0.29) is 5.92 Å². The molecular formula is C4H9NO2. The van der Waals surface area contributed by atoms with Gasteiger partial charge in [0, 0.05) is 19.0 Å². The Morgan fingerprint density at radius 2 is 2.00 bits per heavy atom. The van der Waals surface area contributed by atoms with Crippen molar-refractivity contribution in [1.82, 2.24) is 5.32 Å². The minimum absolute atomic E-state index is 0.0833. The van der Waals surface area contributed by atoms with E-state index in [9.17, 15) is 0 Å². The van der Waals surface area contributed by atoms with Gasteiger partial charge in [-0.15, -0.1) is 0 Å². The average molecular weight is 103 g/mol. The van der Waals surface area contributed by atoms with E-state index in [1.165, 1.54) is 0 Å². The summed E-state index contributed by atoms with van der Waals surface area (Å²) in [4.78, 5) is 0. The Morgan fingerprint density at radius 3 is 2.00 bits per heavy atom. The standard InChI is InChI=1S/C4H9NO2/c6-4(7)3-1-5-2-3/h3-7H,1-2H2. The third-order valence-electron chi connectivity index (χ3n) is 1.23. The molecule has 0 aromatic heterocycles. The molecule has 0 amide bonds. The van der Waals surface area contributed by atoms with Gasteiger partial charge in [-0.25, -0.2) is 0 Å². The Balaban J connectivity index is 2.14. The first-order valence-electron chi connectivity index (χ1n) is 2.37. The van der Waals surface area contributed by atoms with Gasteiger partial charge in [0.2, 0.25) is 0 Å². The van der Waals surface area contributed by atoms with Crippen molar-refractivity contribution in [2.24, 2.45) is 5.92 Å². The zero-order chi connectivity index (χ0) is 5.28. The number of aliphatic hydroxyl groups excluding tert-OH is 1. The minimum Gasteiger partial charge on any atom is -0.368 e. The summed E-state index contributed by atoms with van der Waals surface area (Å²) in [7, 11) is 0. The molecule has 1 aliphatic heterocycles. The highest BCUT2D eigenvalue weighted by Crippen LogP contribution is 2.04. The fraction of sp³-hybridized carbons (Fsp3) is 1.00. The third kappa shape index (κ3) is 0.907. The van der Waals surface area contributed by atoms with Gasteiger partial charge in [0.25, 0.3) is 0 Å². The van der Waals surface area contributed by atoms with Gasteiger partial charge in [-0.3, -0.25) is 0 Å². The lowest BCUT2D eigenvalue weighted by Gasteiger charge is -2.27. The van der Waals surface area contributed by atoms with Crippen molar-refractivity contribution >= 4 is 0 Å². The predicted octanol–water partition coefficient (Wildman–Crippen LogP) is -1.48. The van der Waals surface area contributed by atoms with Gasteiger partial charge in [-0.2, -0.15) is 0 Å². The zero-order valence-corrected chi connectivity index (χ0v) is 3.96.